The third-order valence-electron chi connectivity index (χ3n) is 5.35. The molecule has 0 saturated heterocycles. The fraction of sp³-hybridized carbons (Fsp3) is 0.200. The molecule has 0 amide bonds. The van der Waals surface area contributed by atoms with Gasteiger partial charge in [0.15, 0.2) is 0 Å². The summed E-state index contributed by atoms with van der Waals surface area (Å²) in [6.45, 7) is 4.19. The highest BCUT2D eigenvalue weighted by Gasteiger charge is 2.16. The predicted molar refractivity (Wildman–Crippen MR) is 120 cm³/mol. The Morgan fingerprint density at radius 1 is 1.03 bits per heavy atom. The molecule has 2 aromatic heterocycles. The van der Waals surface area contributed by atoms with E-state index in [4.69, 9.17) is 0 Å². The predicted octanol–water partition coefficient (Wildman–Crippen LogP) is 6.62. The molecule has 1 unspecified atom stereocenters. The van der Waals surface area contributed by atoms with Gasteiger partial charge in [-0.2, -0.15) is 0 Å². The summed E-state index contributed by atoms with van der Waals surface area (Å²) in [5.41, 5.74) is 6.81. The van der Waals surface area contributed by atoms with Gasteiger partial charge in [0.05, 0.1) is 5.69 Å². The lowest BCUT2D eigenvalue weighted by molar-refractivity contribution is 0.471. The van der Waals surface area contributed by atoms with Crippen LogP contribution < -0.4 is 0 Å². The number of hydrogen-bond acceptors (Lipinski definition) is 4. The van der Waals surface area contributed by atoms with Crippen LogP contribution in [-0.4, -0.2) is 15.1 Å². The summed E-state index contributed by atoms with van der Waals surface area (Å²) < 4.78 is 0. The van der Waals surface area contributed by atoms with Gasteiger partial charge in [0, 0.05) is 28.9 Å². The van der Waals surface area contributed by atoms with Crippen molar-refractivity contribution in [3.63, 3.8) is 0 Å². The van der Waals surface area contributed by atoms with Gasteiger partial charge >= 0.3 is 0 Å². The molecule has 4 heteroatoms. The normalized spacial score (nSPS) is 14.8. The highest BCUT2D eigenvalue weighted by molar-refractivity contribution is 7.13. The molecule has 1 aliphatic carbocycles. The molecule has 2 heterocycles. The smallest absolute Gasteiger partial charge is 0.125 e. The first kappa shape index (κ1) is 19.3. The SMILES string of the molecule is CC1CCc2ccccc21.Cc1ccc(-c2csc(-c3cccnc3)n2)cc1O. The summed E-state index contributed by atoms with van der Waals surface area (Å²) in [4.78, 5) is 8.68. The number of aryl methyl sites for hydroxylation is 2. The summed E-state index contributed by atoms with van der Waals surface area (Å²) >= 11 is 1.57. The van der Waals surface area contributed by atoms with E-state index in [2.05, 4.69) is 41.2 Å². The highest BCUT2D eigenvalue weighted by atomic mass is 32.1. The standard InChI is InChI=1S/C15H12N2OS.C10H12/c1-10-4-5-11(7-14(10)18)13-9-19-15(17-13)12-3-2-6-16-8-12;1-8-6-7-9-4-2-3-5-10(8)9/h2-9,18H,1H3;2-5,8H,6-7H2,1H3. The number of phenolic OH excluding ortho intramolecular Hbond substituents is 1. The molecule has 1 aliphatic rings. The maximum Gasteiger partial charge on any atom is 0.125 e. The van der Waals surface area contributed by atoms with E-state index in [0.717, 1.165) is 33.3 Å². The highest BCUT2D eigenvalue weighted by Crippen LogP contribution is 2.32. The molecule has 146 valence electrons. The van der Waals surface area contributed by atoms with Crippen molar-refractivity contribution in [3.05, 3.63) is 89.1 Å². The maximum atomic E-state index is 9.75. The van der Waals surface area contributed by atoms with Gasteiger partial charge in [0.25, 0.3) is 0 Å². The van der Waals surface area contributed by atoms with Crippen molar-refractivity contribution >= 4 is 11.3 Å². The Bertz CT molecular complexity index is 1100. The second-order valence-corrected chi connectivity index (χ2v) is 8.28. The molecule has 29 heavy (non-hydrogen) atoms. The molecule has 0 aliphatic heterocycles. The first-order valence-electron chi connectivity index (χ1n) is 9.85. The van der Waals surface area contributed by atoms with Crippen LogP contribution in [-0.2, 0) is 6.42 Å². The van der Waals surface area contributed by atoms with Crippen molar-refractivity contribution in [1.82, 2.24) is 9.97 Å². The molecule has 0 fully saturated rings. The second kappa shape index (κ2) is 8.58. The molecular weight excluding hydrogens is 376 g/mol. The molecular formula is C25H24N2OS. The van der Waals surface area contributed by atoms with Crippen molar-refractivity contribution in [2.75, 3.05) is 0 Å². The van der Waals surface area contributed by atoms with Crippen LogP contribution in [0.2, 0.25) is 0 Å². The zero-order valence-electron chi connectivity index (χ0n) is 16.7. The molecule has 0 radical (unpaired) electrons. The Morgan fingerprint density at radius 3 is 2.66 bits per heavy atom. The van der Waals surface area contributed by atoms with E-state index in [9.17, 15) is 5.11 Å². The van der Waals surface area contributed by atoms with Crippen molar-refractivity contribution in [1.29, 1.82) is 0 Å². The molecule has 0 saturated carbocycles. The Morgan fingerprint density at radius 2 is 1.90 bits per heavy atom. The van der Waals surface area contributed by atoms with Crippen LogP contribution in [0.4, 0.5) is 0 Å². The largest absolute Gasteiger partial charge is 0.508 e. The first-order valence-corrected chi connectivity index (χ1v) is 10.7. The topological polar surface area (TPSA) is 46.0 Å². The zero-order valence-corrected chi connectivity index (χ0v) is 17.5. The van der Waals surface area contributed by atoms with E-state index in [1.807, 2.05) is 36.6 Å². The number of aromatic hydroxyl groups is 1. The Kier molecular flexibility index (Phi) is 5.72. The fourth-order valence-electron chi connectivity index (χ4n) is 3.57. The number of hydrogen-bond donors (Lipinski definition) is 1. The zero-order chi connectivity index (χ0) is 20.2. The molecule has 0 spiro atoms. The van der Waals surface area contributed by atoms with Crippen molar-refractivity contribution in [2.24, 2.45) is 0 Å². The van der Waals surface area contributed by atoms with Crippen molar-refractivity contribution in [2.45, 2.75) is 32.6 Å². The molecule has 3 nitrogen and oxygen atoms in total. The minimum atomic E-state index is 0.299. The number of fused-ring (bicyclic) bond motifs is 1. The number of thiazole rings is 1. The molecule has 2 aromatic carbocycles. The van der Waals surface area contributed by atoms with E-state index < -0.39 is 0 Å². The monoisotopic (exact) mass is 400 g/mol. The first-order chi connectivity index (χ1) is 14.1. The minimum Gasteiger partial charge on any atom is -0.508 e. The number of pyridine rings is 1. The Labute approximate surface area is 175 Å². The van der Waals surface area contributed by atoms with Gasteiger partial charge in [-0.1, -0.05) is 43.3 Å². The lowest BCUT2D eigenvalue weighted by Crippen LogP contribution is -1.83. The Hall–Kier alpha value is -2.98. The number of aromatic nitrogens is 2. The number of nitrogens with zero attached hydrogens (tertiary/aromatic N) is 2. The van der Waals surface area contributed by atoms with Gasteiger partial charge in [-0.3, -0.25) is 4.98 Å². The molecule has 0 bridgehead atoms. The van der Waals surface area contributed by atoms with E-state index in [1.54, 1.807) is 40.9 Å². The number of benzene rings is 2. The van der Waals surface area contributed by atoms with Gasteiger partial charge in [-0.05, 0) is 60.6 Å². The van der Waals surface area contributed by atoms with Gasteiger partial charge in [-0.15, -0.1) is 11.3 Å². The maximum absolute atomic E-state index is 9.75. The van der Waals surface area contributed by atoms with E-state index in [0.29, 0.717) is 5.75 Å². The average Bonchev–Trinajstić information content (AvgIpc) is 3.39. The van der Waals surface area contributed by atoms with Crippen LogP contribution in [0.25, 0.3) is 21.8 Å². The third kappa shape index (κ3) is 4.38. The quantitative estimate of drug-likeness (QED) is 0.411. The molecule has 1 atom stereocenters. The molecule has 5 rings (SSSR count). The average molecular weight is 401 g/mol. The third-order valence-corrected chi connectivity index (χ3v) is 6.24. The Balaban J connectivity index is 0.000000171. The van der Waals surface area contributed by atoms with E-state index in [-0.39, 0.29) is 0 Å². The van der Waals surface area contributed by atoms with Crippen LogP contribution in [0.1, 0.15) is 36.0 Å². The van der Waals surface area contributed by atoms with Crippen molar-refractivity contribution in [3.8, 4) is 27.6 Å². The lowest BCUT2D eigenvalue weighted by atomic mass is 10.0. The number of phenols is 1. The van der Waals surface area contributed by atoms with Crippen LogP contribution in [0.15, 0.2) is 72.4 Å². The van der Waals surface area contributed by atoms with Crippen LogP contribution in [0, 0.1) is 6.92 Å². The summed E-state index contributed by atoms with van der Waals surface area (Å²) in [6.07, 6.45) is 6.18. The van der Waals surface area contributed by atoms with Crippen LogP contribution in [0.3, 0.4) is 0 Å². The van der Waals surface area contributed by atoms with Gasteiger partial charge < -0.3 is 5.11 Å². The molecule has 4 aromatic rings. The van der Waals surface area contributed by atoms with Gasteiger partial charge in [0.2, 0.25) is 0 Å². The minimum absolute atomic E-state index is 0.299. The number of rotatable bonds is 2. The summed E-state index contributed by atoms with van der Waals surface area (Å²) in [6, 6.07) is 18.3. The van der Waals surface area contributed by atoms with Crippen LogP contribution >= 0.6 is 11.3 Å². The molecule has 1 N–H and O–H groups in total. The van der Waals surface area contributed by atoms with Crippen LogP contribution in [0.5, 0.6) is 5.75 Å². The fourth-order valence-corrected chi connectivity index (χ4v) is 4.39. The lowest BCUT2D eigenvalue weighted by Gasteiger charge is -2.01. The van der Waals surface area contributed by atoms with Gasteiger partial charge in [-0.25, -0.2) is 4.98 Å². The van der Waals surface area contributed by atoms with Crippen molar-refractivity contribution < 1.29 is 5.11 Å². The summed E-state index contributed by atoms with van der Waals surface area (Å²) in [7, 11) is 0. The summed E-state index contributed by atoms with van der Waals surface area (Å²) in [5.74, 6) is 1.10. The van der Waals surface area contributed by atoms with Gasteiger partial charge in [0.1, 0.15) is 10.8 Å². The van der Waals surface area contributed by atoms with E-state index >= 15 is 0 Å². The second-order valence-electron chi connectivity index (χ2n) is 7.42. The summed E-state index contributed by atoms with van der Waals surface area (Å²) in [5, 5.41) is 12.7. The van der Waals surface area contributed by atoms with E-state index in [1.165, 1.54) is 12.8 Å².